The van der Waals surface area contributed by atoms with E-state index in [1.54, 1.807) is 4.90 Å². The summed E-state index contributed by atoms with van der Waals surface area (Å²) in [6.07, 6.45) is 3.36. The molecule has 0 unspecified atom stereocenters. The first-order valence-corrected chi connectivity index (χ1v) is 11.9. The lowest BCUT2D eigenvalue weighted by Gasteiger charge is -2.43. The normalized spacial score (nSPS) is 23.9. The molecule has 1 aliphatic carbocycles. The van der Waals surface area contributed by atoms with Gasteiger partial charge >= 0.3 is 6.18 Å². The van der Waals surface area contributed by atoms with Crippen molar-refractivity contribution in [1.82, 2.24) is 14.8 Å². The number of aromatic nitrogens is 1. The van der Waals surface area contributed by atoms with Gasteiger partial charge in [0, 0.05) is 68.9 Å². The maximum Gasteiger partial charge on any atom is 0.417 e. The monoisotopic (exact) mass is 461 g/mol. The number of allylic oxidation sites excluding steroid dienone is 1. The fraction of sp³-hybridized carbons (Fsp3) is 0.600. The Morgan fingerprint density at radius 3 is 2.58 bits per heavy atom. The highest BCUT2D eigenvalue weighted by atomic mass is 19.4. The Morgan fingerprint density at radius 1 is 1.21 bits per heavy atom. The third kappa shape index (κ3) is 3.96. The van der Waals surface area contributed by atoms with Gasteiger partial charge in [-0.15, -0.1) is 0 Å². The van der Waals surface area contributed by atoms with Gasteiger partial charge in [0.05, 0.1) is 11.1 Å². The number of alkyl halides is 3. The molecule has 1 saturated heterocycles. The summed E-state index contributed by atoms with van der Waals surface area (Å²) in [6, 6.07) is 1.76. The molecule has 1 spiro atoms. The summed E-state index contributed by atoms with van der Waals surface area (Å²) < 4.78 is 45.8. The van der Waals surface area contributed by atoms with Crippen molar-refractivity contribution >= 4 is 5.91 Å². The molecule has 3 aliphatic heterocycles. The van der Waals surface area contributed by atoms with Crippen LogP contribution in [0.1, 0.15) is 62.3 Å². The quantitative estimate of drug-likeness (QED) is 0.645. The van der Waals surface area contributed by atoms with E-state index in [4.69, 9.17) is 4.74 Å². The number of piperidine rings is 1. The van der Waals surface area contributed by atoms with Gasteiger partial charge in [-0.1, -0.05) is 19.4 Å². The number of hydrogen-bond donors (Lipinski definition) is 0. The average molecular weight is 462 g/mol. The highest BCUT2D eigenvalue weighted by Gasteiger charge is 2.50. The lowest BCUT2D eigenvalue weighted by Crippen LogP contribution is -2.51. The fourth-order valence-electron chi connectivity index (χ4n) is 5.98. The molecule has 178 valence electrons. The number of halogens is 3. The Bertz CT molecular complexity index is 1000. The van der Waals surface area contributed by atoms with Crippen LogP contribution in [0, 0.1) is 0 Å². The van der Waals surface area contributed by atoms with Crippen LogP contribution in [0.4, 0.5) is 13.2 Å². The SMILES string of the molecule is C=C1OC2(CCN(C3CCCC3)CC2)C(C(=O)N2CCc3ncc(C(F)(F)F)cc3C2)=C1C. The zero-order valence-corrected chi connectivity index (χ0v) is 19.0. The second-order valence-electron chi connectivity index (χ2n) is 9.80. The number of ether oxygens (including phenoxy) is 1. The summed E-state index contributed by atoms with van der Waals surface area (Å²) in [6.45, 7) is 8.21. The van der Waals surface area contributed by atoms with Crippen LogP contribution in [-0.4, -0.2) is 52.0 Å². The Kier molecular flexibility index (Phi) is 5.54. The molecule has 0 bridgehead atoms. The second kappa shape index (κ2) is 8.15. The van der Waals surface area contributed by atoms with Gasteiger partial charge in [-0.2, -0.15) is 13.2 Å². The molecular formula is C25H30F3N3O2. The van der Waals surface area contributed by atoms with Crippen molar-refractivity contribution in [2.75, 3.05) is 19.6 Å². The summed E-state index contributed by atoms with van der Waals surface area (Å²) in [7, 11) is 0. The van der Waals surface area contributed by atoms with Crippen LogP contribution in [0.15, 0.2) is 35.7 Å². The van der Waals surface area contributed by atoms with E-state index in [0.29, 0.717) is 41.6 Å². The number of carbonyl (C=O) groups excluding carboxylic acids is 1. The molecule has 4 heterocycles. The minimum absolute atomic E-state index is 0.124. The van der Waals surface area contributed by atoms with Crippen molar-refractivity contribution < 1.29 is 22.7 Å². The first kappa shape index (κ1) is 22.4. The van der Waals surface area contributed by atoms with E-state index < -0.39 is 17.3 Å². The van der Waals surface area contributed by atoms with Crippen molar-refractivity contribution in [3.8, 4) is 0 Å². The molecule has 1 saturated carbocycles. The summed E-state index contributed by atoms with van der Waals surface area (Å²) in [4.78, 5) is 21.9. The summed E-state index contributed by atoms with van der Waals surface area (Å²) in [5.41, 5.74) is 1.04. The van der Waals surface area contributed by atoms with Crippen molar-refractivity contribution in [1.29, 1.82) is 0 Å². The van der Waals surface area contributed by atoms with Crippen LogP contribution in [0.2, 0.25) is 0 Å². The van der Waals surface area contributed by atoms with E-state index in [0.717, 1.165) is 43.8 Å². The smallest absolute Gasteiger partial charge is 0.417 e. The molecule has 8 heteroatoms. The first-order valence-electron chi connectivity index (χ1n) is 11.9. The van der Waals surface area contributed by atoms with Crippen LogP contribution in [-0.2, 0) is 28.7 Å². The van der Waals surface area contributed by atoms with Gasteiger partial charge in [-0.3, -0.25) is 9.78 Å². The summed E-state index contributed by atoms with van der Waals surface area (Å²) in [5, 5.41) is 0. The minimum Gasteiger partial charge on any atom is -0.483 e. The van der Waals surface area contributed by atoms with Crippen molar-refractivity contribution in [2.45, 2.75) is 76.2 Å². The number of hydrogen-bond acceptors (Lipinski definition) is 4. The van der Waals surface area contributed by atoms with E-state index in [2.05, 4.69) is 16.5 Å². The molecular weight excluding hydrogens is 431 g/mol. The van der Waals surface area contributed by atoms with Crippen LogP contribution in [0.5, 0.6) is 0 Å². The van der Waals surface area contributed by atoms with Gasteiger partial charge in [0.15, 0.2) is 0 Å². The van der Waals surface area contributed by atoms with E-state index in [-0.39, 0.29) is 12.5 Å². The molecule has 0 N–H and O–H groups in total. The van der Waals surface area contributed by atoms with Crippen LogP contribution in [0.3, 0.4) is 0 Å². The van der Waals surface area contributed by atoms with Gasteiger partial charge in [-0.05, 0) is 31.4 Å². The third-order valence-corrected chi connectivity index (χ3v) is 7.88. The highest BCUT2D eigenvalue weighted by molar-refractivity contribution is 5.98. The number of pyridine rings is 1. The largest absolute Gasteiger partial charge is 0.483 e. The molecule has 0 radical (unpaired) electrons. The topological polar surface area (TPSA) is 45.7 Å². The number of fused-ring (bicyclic) bond motifs is 1. The molecule has 0 aromatic carbocycles. The molecule has 2 fully saturated rings. The zero-order valence-electron chi connectivity index (χ0n) is 19.0. The maximum absolute atomic E-state index is 13.7. The maximum atomic E-state index is 13.7. The molecule has 1 aromatic heterocycles. The van der Waals surface area contributed by atoms with Gasteiger partial charge < -0.3 is 14.5 Å². The Balaban J connectivity index is 1.36. The summed E-state index contributed by atoms with van der Waals surface area (Å²) >= 11 is 0. The molecule has 4 aliphatic rings. The van der Waals surface area contributed by atoms with E-state index in [1.165, 1.54) is 25.7 Å². The minimum atomic E-state index is -4.46. The number of rotatable bonds is 2. The van der Waals surface area contributed by atoms with E-state index in [1.807, 2.05) is 6.92 Å². The van der Waals surface area contributed by atoms with Gasteiger partial charge in [0.25, 0.3) is 5.91 Å². The molecule has 0 atom stereocenters. The summed E-state index contributed by atoms with van der Waals surface area (Å²) in [5.74, 6) is 0.384. The van der Waals surface area contributed by atoms with Crippen molar-refractivity contribution in [3.63, 3.8) is 0 Å². The Hall–Kier alpha value is -2.35. The molecule has 1 aromatic rings. The molecule has 5 rings (SSSR count). The average Bonchev–Trinajstić information content (AvgIpc) is 3.40. The predicted octanol–water partition coefficient (Wildman–Crippen LogP) is 4.62. The highest BCUT2D eigenvalue weighted by Crippen LogP contribution is 2.46. The molecule has 33 heavy (non-hydrogen) atoms. The number of nitrogens with zero attached hydrogens (tertiary/aromatic N) is 3. The van der Waals surface area contributed by atoms with Crippen LogP contribution in [0.25, 0.3) is 0 Å². The fourth-order valence-corrected chi connectivity index (χ4v) is 5.98. The third-order valence-electron chi connectivity index (χ3n) is 7.88. The van der Waals surface area contributed by atoms with Crippen LogP contribution >= 0.6 is 0 Å². The van der Waals surface area contributed by atoms with Gasteiger partial charge in [0.2, 0.25) is 0 Å². The van der Waals surface area contributed by atoms with Gasteiger partial charge in [0.1, 0.15) is 11.4 Å². The van der Waals surface area contributed by atoms with Crippen LogP contribution < -0.4 is 0 Å². The number of amides is 1. The number of carbonyl (C=O) groups is 1. The lowest BCUT2D eigenvalue weighted by atomic mass is 9.81. The molecule has 5 nitrogen and oxygen atoms in total. The van der Waals surface area contributed by atoms with Gasteiger partial charge in [-0.25, -0.2) is 0 Å². The Morgan fingerprint density at radius 2 is 1.91 bits per heavy atom. The van der Waals surface area contributed by atoms with E-state index in [9.17, 15) is 18.0 Å². The molecule has 1 amide bonds. The predicted molar refractivity (Wildman–Crippen MR) is 117 cm³/mol. The first-order chi connectivity index (χ1) is 15.7. The van der Waals surface area contributed by atoms with Crippen molar-refractivity contribution in [3.05, 3.63) is 52.6 Å². The number of likely N-dealkylation sites (tertiary alicyclic amines) is 1. The van der Waals surface area contributed by atoms with Crippen molar-refractivity contribution in [2.24, 2.45) is 0 Å². The lowest BCUT2D eigenvalue weighted by molar-refractivity contribution is -0.137. The Labute approximate surface area is 192 Å². The van der Waals surface area contributed by atoms with E-state index >= 15 is 0 Å². The standard InChI is InChI=1S/C25H30F3N3O2/c1-16-17(2)33-24(8-11-30(12-9-24)20-5-3-4-6-20)22(16)23(32)31-10-7-21-18(15-31)13-19(14-29-21)25(26,27)28/h13-14,20H,2-12,15H2,1H3. The second-order valence-corrected chi connectivity index (χ2v) is 9.80. The zero-order chi connectivity index (χ0) is 23.4.